The van der Waals surface area contributed by atoms with Crippen LogP contribution < -0.4 is 4.74 Å². The van der Waals surface area contributed by atoms with Crippen LogP contribution in [0.15, 0.2) is 48.5 Å². The number of carboxylic acids is 1. The molecule has 0 unspecified atom stereocenters. The fourth-order valence-electron chi connectivity index (χ4n) is 2.31. The Bertz CT molecular complexity index is 883. The van der Waals surface area contributed by atoms with Gasteiger partial charge in [0.05, 0.1) is 22.6 Å². The van der Waals surface area contributed by atoms with Gasteiger partial charge in [-0.2, -0.15) is 0 Å². The number of aliphatic carboxylic acids is 1. The number of ether oxygens (including phenoxy) is 1. The van der Waals surface area contributed by atoms with Gasteiger partial charge in [0, 0.05) is 4.91 Å². The van der Waals surface area contributed by atoms with E-state index in [1.807, 2.05) is 54.6 Å². The number of rotatable bonds is 8. The van der Waals surface area contributed by atoms with Crippen molar-refractivity contribution in [2.45, 2.75) is 13.3 Å². The molecule has 1 aromatic heterocycles. The smallest absolute Gasteiger partial charge is 0.313 e. The molecule has 0 aliphatic rings. The summed E-state index contributed by atoms with van der Waals surface area (Å²) in [4.78, 5) is 16.5. The number of hydrogen-bond donors (Lipinski definition) is 1. The molecule has 3 aromatic rings. The first-order valence-corrected chi connectivity index (χ1v) is 10.1. The van der Waals surface area contributed by atoms with Crippen LogP contribution in [0.25, 0.3) is 21.2 Å². The van der Waals surface area contributed by atoms with Gasteiger partial charge >= 0.3 is 5.97 Å². The molecule has 0 aliphatic carbocycles. The van der Waals surface area contributed by atoms with Crippen LogP contribution in [0, 0.1) is 0 Å². The summed E-state index contributed by atoms with van der Waals surface area (Å²) >= 11 is 2.86. The molecule has 0 saturated heterocycles. The summed E-state index contributed by atoms with van der Waals surface area (Å²) in [7, 11) is 0. The molecule has 2 aromatic carbocycles. The number of nitrogens with zero attached hydrogens (tertiary/aromatic N) is 1. The summed E-state index contributed by atoms with van der Waals surface area (Å²) in [6.45, 7) is 2.77. The molecule has 0 fully saturated rings. The maximum absolute atomic E-state index is 11.0. The standard InChI is InChI=1S/C20H19NO3S2/c1-2-11-24-15-9-7-14(8-10-15)12-18(25-13-19(22)23)20-21-16-5-3-4-6-17(16)26-20/h3-10,12H,2,11,13H2,1H3,(H,22,23)/b18-12-. The van der Waals surface area contributed by atoms with Crippen molar-refractivity contribution in [1.29, 1.82) is 0 Å². The zero-order chi connectivity index (χ0) is 18.4. The molecule has 0 radical (unpaired) electrons. The van der Waals surface area contributed by atoms with Crippen LogP contribution in [0.4, 0.5) is 0 Å². The largest absolute Gasteiger partial charge is 0.494 e. The number of aromatic nitrogens is 1. The fraction of sp³-hybridized carbons (Fsp3) is 0.200. The van der Waals surface area contributed by atoms with E-state index in [0.717, 1.165) is 37.9 Å². The normalized spacial score (nSPS) is 11.7. The molecule has 0 amide bonds. The third-order valence-corrected chi connectivity index (χ3v) is 5.72. The van der Waals surface area contributed by atoms with Gasteiger partial charge in [-0.15, -0.1) is 23.1 Å². The van der Waals surface area contributed by atoms with E-state index < -0.39 is 5.97 Å². The van der Waals surface area contributed by atoms with Gasteiger partial charge in [-0.1, -0.05) is 31.2 Å². The first-order chi connectivity index (χ1) is 12.7. The molecule has 0 spiro atoms. The number of fused-ring (bicyclic) bond motifs is 1. The number of carboxylic acid groups (broad SMARTS) is 1. The van der Waals surface area contributed by atoms with E-state index in [9.17, 15) is 4.79 Å². The van der Waals surface area contributed by atoms with E-state index in [1.54, 1.807) is 11.3 Å². The highest BCUT2D eigenvalue weighted by atomic mass is 32.2. The van der Waals surface area contributed by atoms with Gasteiger partial charge in [0.15, 0.2) is 0 Å². The van der Waals surface area contributed by atoms with Gasteiger partial charge < -0.3 is 9.84 Å². The van der Waals surface area contributed by atoms with E-state index in [2.05, 4.69) is 11.9 Å². The summed E-state index contributed by atoms with van der Waals surface area (Å²) in [5.74, 6) is -0.00605. The molecule has 3 rings (SSSR count). The lowest BCUT2D eigenvalue weighted by Gasteiger charge is -2.06. The molecule has 0 atom stereocenters. The third kappa shape index (κ3) is 4.86. The van der Waals surface area contributed by atoms with Crippen LogP contribution in [-0.4, -0.2) is 28.4 Å². The second kappa shape index (κ2) is 8.87. The summed E-state index contributed by atoms with van der Waals surface area (Å²) in [6, 6.07) is 15.7. The van der Waals surface area contributed by atoms with Crippen LogP contribution in [0.2, 0.25) is 0 Å². The van der Waals surface area contributed by atoms with Crippen molar-refractivity contribution in [3.63, 3.8) is 0 Å². The van der Waals surface area contributed by atoms with Crippen LogP contribution in [0.3, 0.4) is 0 Å². The summed E-state index contributed by atoms with van der Waals surface area (Å²) in [5.41, 5.74) is 1.92. The quantitative estimate of drug-likeness (QED) is 0.562. The number of thioether (sulfide) groups is 1. The number of carbonyl (C=O) groups is 1. The van der Waals surface area contributed by atoms with Crippen LogP contribution in [-0.2, 0) is 4.79 Å². The maximum Gasteiger partial charge on any atom is 0.313 e. The summed E-state index contributed by atoms with van der Waals surface area (Å²) in [5, 5.41) is 9.89. The lowest BCUT2D eigenvalue weighted by molar-refractivity contribution is -0.133. The van der Waals surface area contributed by atoms with Crippen LogP contribution >= 0.6 is 23.1 Å². The summed E-state index contributed by atoms with van der Waals surface area (Å²) < 4.78 is 6.70. The third-order valence-electron chi connectivity index (χ3n) is 3.51. The number of para-hydroxylation sites is 1. The maximum atomic E-state index is 11.0. The number of thiazole rings is 1. The highest BCUT2D eigenvalue weighted by molar-refractivity contribution is 8.09. The molecule has 6 heteroatoms. The molecular weight excluding hydrogens is 366 g/mol. The minimum atomic E-state index is -0.842. The highest BCUT2D eigenvalue weighted by Crippen LogP contribution is 2.35. The number of benzene rings is 2. The first-order valence-electron chi connectivity index (χ1n) is 8.31. The molecule has 4 nitrogen and oxygen atoms in total. The monoisotopic (exact) mass is 385 g/mol. The summed E-state index contributed by atoms with van der Waals surface area (Å²) in [6.07, 6.45) is 2.95. The average molecular weight is 386 g/mol. The Balaban J connectivity index is 1.89. The topological polar surface area (TPSA) is 59.4 Å². The van der Waals surface area contributed by atoms with Crippen molar-refractivity contribution < 1.29 is 14.6 Å². The van der Waals surface area contributed by atoms with Crippen LogP contribution in [0.5, 0.6) is 5.75 Å². The second-order valence-electron chi connectivity index (χ2n) is 5.60. The Kier molecular flexibility index (Phi) is 6.30. The molecule has 134 valence electrons. The average Bonchev–Trinajstić information content (AvgIpc) is 3.08. The molecule has 0 aliphatic heterocycles. The van der Waals surface area contributed by atoms with Gasteiger partial charge in [0.2, 0.25) is 0 Å². The van der Waals surface area contributed by atoms with Gasteiger partial charge in [-0.05, 0) is 42.3 Å². The van der Waals surface area contributed by atoms with Crippen molar-refractivity contribution >= 4 is 50.3 Å². The van der Waals surface area contributed by atoms with Crippen LogP contribution in [0.1, 0.15) is 23.9 Å². The lowest BCUT2D eigenvalue weighted by Crippen LogP contribution is -1.98. The minimum absolute atomic E-state index is 0.000542. The van der Waals surface area contributed by atoms with Gasteiger partial charge in [-0.3, -0.25) is 4.79 Å². The Labute approximate surface area is 160 Å². The second-order valence-corrected chi connectivity index (χ2v) is 7.64. The molecular formula is C20H19NO3S2. The van der Waals surface area contributed by atoms with Crippen molar-refractivity contribution in [2.75, 3.05) is 12.4 Å². The SMILES string of the molecule is CCCOc1ccc(/C=C(\SCC(=O)O)c2nc3ccccc3s2)cc1. The Morgan fingerprint density at radius 3 is 2.69 bits per heavy atom. The van der Waals surface area contributed by atoms with E-state index >= 15 is 0 Å². The highest BCUT2D eigenvalue weighted by Gasteiger charge is 2.11. The van der Waals surface area contributed by atoms with Crippen molar-refractivity contribution in [3.05, 3.63) is 59.1 Å². The minimum Gasteiger partial charge on any atom is -0.494 e. The molecule has 26 heavy (non-hydrogen) atoms. The Morgan fingerprint density at radius 2 is 2.00 bits per heavy atom. The zero-order valence-corrected chi connectivity index (χ0v) is 16.0. The predicted octanol–water partition coefficient (Wildman–Crippen LogP) is 5.40. The predicted molar refractivity (Wildman–Crippen MR) is 110 cm³/mol. The van der Waals surface area contributed by atoms with E-state index in [1.165, 1.54) is 11.8 Å². The molecule has 0 bridgehead atoms. The Hall–Kier alpha value is -2.31. The van der Waals surface area contributed by atoms with Crippen molar-refractivity contribution in [3.8, 4) is 5.75 Å². The van der Waals surface area contributed by atoms with Gasteiger partial charge in [0.1, 0.15) is 10.8 Å². The van der Waals surface area contributed by atoms with Crippen molar-refractivity contribution in [1.82, 2.24) is 4.98 Å². The molecule has 0 saturated carbocycles. The van der Waals surface area contributed by atoms with E-state index in [0.29, 0.717) is 6.61 Å². The van der Waals surface area contributed by atoms with Gasteiger partial charge in [-0.25, -0.2) is 4.98 Å². The molecule has 1 N–H and O–H groups in total. The number of hydrogen-bond acceptors (Lipinski definition) is 5. The van der Waals surface area contributed by atoms with E-state index in [-0.39, 0.29) is 5.75 Å². The van der Waals surface area contributed by atoms with Crippen molar-refractivity contribution in [2.24, 2.45) is 0 Å². The first kappa shape index (κ1) is 18.5. The lowest BCUT2D eigenvalue weighted by atomic mass is 10.2. The van der Waals surface area contributed by atoms with Gasteiger partial charge in [0.25, 0.3) is 0 Å². The molecule has 1 heterocycles. The fourth-order valence-corrected chi connectivity index (χ4v) is 4.16. The Morgan fingerprint density at radius 1 is 1.23 bits per heavy atom. The zero-order valence-electron chi connectivity index (χ0n) is 14.3. The van der Waals surface area contributed by atoms with E-state index in [4.69, 9.17) is 9.84 Å².